The number of hydrogen-bond donors (Lipinski definition) is 3. The number of rotatable bonds is 5. The predicted molar refractivity (Wildman–Crippen MR) is 142 cm³/mol. The first-order valence-corrected chi connectivity index (χ1v) is 12.9. The zero-order valence-corrected chi connectivity index (χ0v) is 20.2. The highest BCUT2D eigenvalue weighted by atomic mass is 32.1. The van der Waals surface area contributed by atoms with Gasteiger partial charge in [0.05, 0.1) is 33.7 Å². The predicted octanol–water partition coefficient (Wildman–Crippen LogP) is 5.42. The molecule has 0 atom stereocenters. The molecule has 178 valence electrons. The van der Waals surface area contributed by atoms with Crippen molar-refractivity contribution < 1.29 is 4.74 Å². The Balaban J connectivity index is 1.26. The lowest BCUT2D eigenvalue weighted by atomic mass is 10.1. The highest BCUT2D eigenvalue weighted by Gasteiger charge is 2.18. The minimum atomic E-state index is 0.217. The number of fused-ring (bicyclic) bond motifs is 2. The molecule has 0 bridgehead atoms. The summed E-state index contributed by atoms with van der Waals surface area (Å²) < 4.78 is 6.20. The molecule has 0 amide bonds. The fraction of sp³-hybridized carbons (Fsp3) is 0.185. The van der Waals surface area contributed by atoms with Crippen LogP contribution >= 0.6 is 11.3 Å². The Bertz CT molecular complexity index is 1660. The maximum atomic E-state index is 6.20. The fourth-order valence-corrected chi connectivity index (χ4v) is 5.50. The van der Waals surface area contributed by atoms with Gasteiger partial charge in [0.2, 0.25) is 0 Å². The van der Waals surface area contributed by atoms with E-state index in [2.05, 4.69) is 48.0 Å². The summed E-state index contributed by atoms with van der Waals surface area (Å²) in [5.41, 5.74) is 7.07. The molecule has 0 aliphatic carbocycles. The summed E-state index contributed by atoms with van der Waals surface area (Å²) in [6.45, 7) is 1.97. The molecular weight excluding hydrogens is 470 g/mol. The Morgan fingerprint density at radius 2 is 1.92 bits per heavy atom. The Morgan fingerprint density at radius 1 is 0.972 bits per heavy atom. The Morgan fingerprint density at radius 3 is 2.81 bits per heavy atom. The lowest BCUT2D eigenvalue weighted by Crippen LogP contribution is -2.34. The van der Waals surface area contributed by atoms with E-state index in [1.165, 1.54) is 0 Å². The van der Waals surface area contributed by atoms with Crippen LogP contribution in [0.4, 0.5) is 0 Å². The third-order valence-electron chi connectivity index (χ3n) is 6.56. The number of pyridine rings is 3. The number of H-pyrrole nitrogens is 2. The van der Waals surface area contributed by atoms with Gasteiger partial charge in [-0.15, -0.1) is 11.3 Å². The van der Waals surface area contributed by atoms with Crippen molar-refractivity contribution in [1.29, 1.82) is 0 Å². The molecule has 1 aliphatic heterocycles. The van der Waals surface area contributed by atoms with Crippen molar-refractivity contribution in [1.82, 2.24) is 35.5 Å². The van der Waals surface area contributed by atoms with Gasteiger partial charge < -0.3 is 15.0 Å². The van der Waals surface area contributed by atoms with E-state index in [0.29, 0.717) is 0 Å². The number of aromatic nitrogens is 6. The van der Waals surface area contributed by atoms with E-state index in [-0.39, 0.29) is 6.10 Å². The van der Waals surface area contributed by atoms with Crippen LogP contribution in [0.3, 0.4) is 0 Å². The van der Waals surface area contributed by atoms with Gasteiger partial charge in [-0.1, -0.05) is 6.07 Å². The molecular formula is C27H23N7OS. The molecule has 3 N–H and O–H groups in total. The molecule has 0 radical (unpaired) electrons. The zero-order valence-electron chi connectivity index (χ0n) is 19.4. The maximum Gasteiger partial charge on any atom is 0.138 e. The third kappa shape index (κ3) is 3.82. The van der Waals surface area contributed by atoms with Gasteiger partial charge in [-0.05, 0) is 67.7 Å². The lowest BCUT2D eigenvalue weighted by molar-refractivity contribution is 0.162. The van der Waals surface area contributed by atoms with Crippen molar-refractivity contribution in [2.24, 2.45) is 0 Å². The van der Waals surface area contributed by atoms with E-state index < -0.39 is 0 Å². The van der Waals surface area contributed by atoms with E-state index >= 15 is 0 Å². The summed E-state index contributed by atoms with van der Waals surface area (Å²) in [5, 5.41) is 14.2. The van der Waals surface area contributed by atoms with E-state index in [1.807, 2.05) is 42.7 Å². The molecule has 0 spiro atoms. The van der Waals surface area contributed by atoms with Crippen LogP contribution in [0.2, 0.25) is 0 Å². The second kappa shape index (κ2) is 8.85. The highest BCUT2D eigenvalue weighted by Crippen LogP contribution is 2.34. The molecule has 7 rings (SSSR count). The summed E-state index contributed by atoms with van der Waals surface area (Å²) >= 11 is 1.68. The Labute approximate surface area is 210 Å². The van der Waals surface area contributed by atoms with Gasteiger partial charge >= 0.3 is 0 Å². The molecule has 6 aromatic heterocycles. The van der Waals surface area contributed by atoms with Crippen molar-refractivity contribution >= 4 is 33.3 Å². The zero-order chi connectivity index (χ0) is 23.9. The SMILES string of the molecule is c1csc(-c2nccc3[nH]c(-c4n[nH]c5ccc(-c6cncc(OC7CCNCC7)c6)nc45)cc23)c1. The largest absolute Gasteiger partial charge is 0.489 e. The quantitative estimate of drug-likeness (QED) is 0.296. The number of ether oxygens (including phenoxy) is 1. The number of nitrogens with one attached hydrogen (secondary N) is 3. The first-order chi connectivity index (χ1) is 17.8. The van der Waals surface area contributed by atoms with Crippen LogP contribution in [0.1, 0.15) is 12.8 Å². The van der Waals surface area contributed by atoms with Crippen LogP contribution in [0, 0.1) is 0 Å². The third-order valence-corrected chi connectivity index (χ3v) is 7.44. The molecule has 9 heteroatoms. The summed E-state index contributed by atoms with van der Waals surface area (Å²) in [7, 11) is 0. The van der Waals surface area contributed by atoms with Gasteiger partial charge in [-0.2, -0.15) is 5.10 Å². The van der Waals surface area contributed by atoms with Crippen LogP contribution in [-0.2, 0) is 0 Å². The minimum absolute atomic E-state index is 0.217. The van der Waals surface area contributed by atoms with Gasteiger partial charge in [-0.3, -0.25) is 15.1 Å². The molecule has 36 heavy (non-hydrogen) atoms. The topological polar surface area (TPSA) is 104 Å². The number of thiophene rings is 1. The standard InChI is InChI=1S/C27H23N7OS/c1-2-24(36-11-1)25-19-13-23(31-21(19)7-10-30-25)27-26-22(33-34-27)4-3-20(32-26)16-12-18(15-29-14-16)35-17-5-8-28-9-6-17/h1-4,7,10-15,17,28,31H,5-6,8-9H2,(H,33,34). The highest BCUT2D eigenvalue weighted by molar-refractivity contribution is 7.13. The Kier molecular flexibility index (Phi) is 5.22. The number of nitrogens with zero attached hydrogens (tertiary/aromatic N) is 4. The minimum Gasteiger partial charge on any atom is -0.489 e. The molecule has 8 nitrogen and oxygen atoms in total. The summed E-state index contributed by atoms with van der Waals surface area (Å²) in [4.78, 5) is 18.7. The van der Waals surface area contributed by atoms with Gasteiger partial charge in [0.1, 0.15) is 23.1 Å². The smallest absolute Gasteiger partial charge is 0.138 e. The van der Waals surface area contributed by atoms with Gasteiger partial charge in [0, 0.05) is 28.9 Å². The van der Waals surface area contributed by atoms with Crippen LogP contribution in [0.15, 0.2) is 66.4 Å². The maximum absolute atomic E-state index is 6.20. The first kappa shape index (κ1) is 21.2. The normalized spacial score (nSPS) is 14.6. The first-order valence-electron chi connectivity index (χ1n) is 12.0. The van der Waals surface area contributed by atoms with E-state index in [1.54, 1.807) is 17.5 Å². The van der Waals surface area contributed by atoms with Crippen molar-refractivity contribution in [2.45, 2.75) is 18.9 Å². The molecule has 0 aromatic carbocycles. The van der Waals surface area contributed by atoms with E-state index in [4.69, 9.17) is 9.72 Å². The average molecular weight is 494 g/mol. The van der Waals surface area contributed by atoms with Gasteiger partial charge in [-0.25, -0.2) is 4.98 Å². The summed E-state index contributed by atoms with van der Waals surface area (Å²) in [6, 6.07) is 14.2. The van der Waals surface area contributed by atoms with Gasteiger partial charge in [0.25, 0.3) is 0 Å². The van der Waals surface area contributed by atoms with Crippen LogP contribution in [0.25, 0.3) is 55.2 Å². The van der Waals surface area contributed by atoms with Crippen molar-refractivity contribution in [3.63, 3.8) is 0 Å². The van der Waals surface area contributed by atoms with Crippen molar-refractivity contribution in [3.8, 4) is 39.0 Å². The summed E-state index contributed by atoms with van der Waals surface area (Å²) in [5.74, 6) is 0.776. The fourth-order valence-electron chi connectivity index (χ4n) is 4.77. The summed E-state index contributed by atoms with van der Waals surface area (Å²) in [6.07, 6.45) is 7.65. The van der Waals surface area contributed by atoms with Crippen molar-refractivity contribution in [3.05, 3.63) is 66.4 Å². The molecule has 1 saturated heterocycles. The van der Waals surface area contributed by atoms with Crippen LogP contribution in [-0.4, -0.2) is 49.3 Å². The van der Waals surface area contributed by atoms with E-state index in [9.17, 15) is 0 Å². The second-order valence-corrected chi connectivity index (χ2v) is 9.87. The number of hydrogen-bond acceptors (Lipinski definition) is 7. The van der Waals surface area contributed by atoms with Crippen LogP contribution < -0.4 is 10.1 Å². The van der Waals surface area contributed by atoms with Crippen molar-refractivity contribution in [2.75, 3.05) is 13.1 Å². The second-order valence-electron chi connectivity index (χ2n) is 8.92. The lowest BCUT2D eigenvalue weighted by Gasteiger charge is -2.23. The number of aromatic amines is 2. The molecule has 1 aliphatic rings. The molecule has 1 fully saturated rings. The molecule has 0 unspecified atom stereocenters. The van der Waals surface area contributed by atoms with Gasteiger partial charge in [0.15, 0.2) is 0 Å². The molecule has 7 heterocycles. The average Bonchev–Trinajstić information content (AvgIpc) is 3.68. The number of piperidine rings is 1. The van der Waals surface area contributed by atoms with E-state index in [0.717, 1.165) is 86.8 Å². The molecule has 0 saturated carbocycles. The monoisotopic (exact) mass is 493 g/mol. The van der Waals surface area contributed by atoms with Crippen LogP contribution in [0.5, 0.6) is 5.75 Å². The molecule has 6 aromatic rings. The Hall–Kier alpha value is -4.08.